The van der Waals surface area contributed by atoms with Gasteiger partial charge < -0.3 is 14.5 Å². The summed E-state index contributed by atoms with van der Waals surface area (Å²) in [6.07, 6.45) is 0. The first kappa shape index (κ1) is 14.1. The number of aromatic nitrogens is 2. The Bertz CT molecular complexity index is 635. The van der Waals surface area contributed by atoms with E-state index in [4.69, 9.17) is 9.47 Å². The SMILES string of the molecule is CCOc1cccc(Oc2cc(=O)[nH]c(C(C)C)n2)c1. The van der Waals surface area contributed by atoms with Gasteiger partial charge in [0, 0.05) is 12.0 Å². The fourth-order valence-corrected chi connectivity index (χ4v) is 1.69. The van der Waals surface area contributed by atoms with Gasteiger partial charge in [-0.05, 0) is 19.1 Å². The molecular formula is C15H18N2O3. The number of ether oxygens (including phenoxy) is 2. The lowest BCUT2D eigenvalue weighted by atomic mass is 10.2. The lowest BCUT2D eigenvalue weighted by Gasteiger charge is -2.09. The highest BCUT2D eigenvalue weighted by atomic mass is 16.5. The number of hydrogen-bond donors (Lipinski definition) is 1. The van der Waals surface area contributed by atoms with E-state index in [1.807, 2.05) is 32.9 Å². The summed E-state index contributed by atoms with van der Waals surface area (Å²) in [5.41, 5.74) is -0.223. The lowest BCUT2D eigenvalue weighted by Crippen LogP contribution is -2.11. The van der Waals surface area contributed by atoms with Crippen molar-refractivity contribution in [2.24, 2.45) is 0 Å². The van der Waals surface area contributed by atoms with Crippen LogP contribution in [0.4, 0.5) is 0 Å². The summed E-state index contributed by atoms with van der Waals surface area (Å²) >= 11 is 0. The highest BCUT2D eigenvalue weighted by Gasteiger charge is 2.07. The molecule has 0 aliphatic carbocycles. The molecule has 0 bridgehead atoms. The minimum atomic E-state index is -0.223. The maximum atomic E-state index is 11.6. The fraction of sp³-hybridized carbons (Fsp3) is 0.333. The van der Waals surface area contributed by atoms with Gasteiger partial charge in [0.2, 0.25) is 5.88 Å². The molecule has 20 heavy (non-hydrogen) atoms. The molecule has 1 heterocycles. The molecule has 0 amide bonds. The first-order valence-electron chi connectivity index (χ1n) is 6.60. The molecule has 0 saturated carbocycles. The third-order valence-electron chi connectivity index (χ3n) is 2.62. The molecule has 5 heteroatoms. The standard InChI is InChI=1S/C15H18N2O3/c1-4-19-11-6-5-7-12(8-11)20-14-9-13(18)16-15(17-14)10(2)3/h5-10H,4H2,1-3H3,(H,16,17,18). The summed E-state index contributed by atoms with van der Waals surface area (Å²) in [4.78, 5) is 18.6. The highest BCUT2D eigenvalue weighted by Crippen LogP contribution is 2.24. The minimum absolute atomic E-state index is 0.126. The Morgan fingerprint density at radius 1 is 1.25 bits per heavy atom. The Morgan fingerprint density at radius 2 is 2.00 bits per heavy atom. The van der Waals surface area contributed by atoms with Crippen molar-refractivity contribution < 1.29 is 9.47 Å². The van der Waals surface area contributed by atoms with Crippen LogP contribution in [-0.2, 0) is 0 Å². The maximum absolute atomic E-state index is 11.6. The number of nitrogens with zero attached hydrogens (tertiary/aromatic N) is 1. The Hall–Kier alpha value is -2.30. The van der Waals surface area contributed by atoms with E-state index >= 15 is 0 Å². The van der Waals surface area contributed by atoms with Crippen LogP contribution in [0.2, 0.25) is 0 Å². The van der Waals surface area contributed by atoms with Crippen molar-refractivity contribution in [3.63, 3.8) is 0 Å². The van der Waals surface area contributed by atoms with Crippen LogP contribution in [0, 0.1) is 0 Å². The van der Waals surface area contributed by atoms with Crippen LogP contribution < -0.4 is 15.0 Å². The number of H-pyrrole nitrogens is 1. The van der Waals surface area contributed by atoms with E-state index in [9.17, 15) is 4.79 Å². The van der Waals surface area contributed by atoms with Gasteiger partial charge >= 0.3 is 0 Å². The van der Waals surface area contributed by atoms with E-state index in [0.717, 1.165) is 5.75 Å². The summed E-state index contributed by atoms with van der Waals surface area (Å²) < 4.78 is 11.0. The number of hydrogen-bond acceptors (Lipinski definition) is 4. The predicted molar refractivity (Wildman–Crippen MR) is 76.6 cm³/mol. The smallest absolute Gasteiger partial charge is 0.254 e. The van der Waals surface area contributed by atoms with Gasteiger partial charge in [0.15, 0.2) is 0 Å². The van der Waals surface area contributed by atoms with E-state index in [-0.39, 0.29) is 17.4 Å². The van der Waals surface area contributed by atoms with E-state index in [1.165, 1.54) is 6.07 Å². The summed E-state index contributed by atoms with van der Waals surface area (Å²) in [6.45, 7) is 6.42. The van der Waals surface area contributed by atoms with E-state index < -0.39 is 0 Å². The number of nitrogens with one attached hydrogen (secondary N) is 1. The molecule has 0 radical (unpaired) electrons. The molecule has 5 nitrogen and oxygen atoms in total. The zero-order valence-corrected chi connectivity index (χ0v) is 11.8. The van der Waals surface area contributed by atoms with E-state index in [2.05, 4.69) is 9.97 Å². The van der Waals surface area contributed by atoms with Crippen LogP contribution in [0.1, 0.15) is 32.5 Å². The van der Waals surface area contributed by atoms with E-state index in [1.54, 1.807) is 12.1 Å². The fourth-order valence-electron chi connectivity index (χ4n) is 1.69. The molecule has 0 spiro atoms. The average molecular weight is 274 g/mol. The Labute approximate surface area is 117 Å². The van der Waals surface area contributed by atoms with Crippen LogP contribution in [0.3, 0.4) is 0 Å². The molecule has 2 rings (SSSR count). The number of rotatable bonds is 5. The molecule has 0 fully saturated rings. The van der Waals surface area contributed by atoms with Crippen LogP contribution >= 0.6 is 0 Å². The van der Waals surface area contributed by atoms with E-state index in [0.29, 0.717) is 18.2 Å². The topological polar surface area (TPSA) is 64.2 Å². The molecule has 2 aromatic rings. The second-order valence-electron chi connectivity index (χ2n) is 4.63. The molecular weight excluding hydrogens is 256 g/mol. The molecule has 106 valence electrons. The van der Waals surface area contributed by atoms with Crippen molar-refractivity contribution in [1.29, 1.82) is 0 Å². The quantitative estimate of drug-likeness (QED) is 0.910. The maximum Gasteiger partial charge on any atom is 0.254 e. The number of aromatic amines is 1. The van der Waals surface area contributed by atoms with Crippen LogP contribution in [0.25, 0.3) is 0 Å². The Balaban J connectivity index is 2.25. The first-order chi connectivity index (χ1) is 9.58. The molecule has 0 aliphatic heterocycles. The van der Waals surface area contributed by atoms with Crippen LogP contribution in [0.5, 0.6) is 17.4 Å². The van der Waals surface area contributed by atoms with Gasteiger partial charge in [-0.2, -0.15) is 4.98 Å². The molecule has 1 N–H and O–H groups in total. The van der Waals surface area contributed by atoms with Crippen molar-refractivity contribution in [2.75, 3.05) is 6.61 Å². The van der Waals surface area contributed by atoms with Gasteiger partial charge in [0.25, 0.3) is 5.56 Å². The molecule has 1 aromatic carbocycles. The summed E-state index contributed by atoms with van der Waals surface area (Å²) in [7, 11) is 0. The second-order valence-corrected chi connectivity index (χ2v) is 4.63. The average Bonchev–Trinajstić information content (AvgIpc) is 2.38. The first-order valence-corrected chi connectivity index (χ1v) is 6.60. The third-order valence-corrected chi connectivity index (χ3v) is 2.62. The highest BCUT2D eigenvalue weighted by molar-refractivity contribution is 5.35. The van der Waals surface area contributed by atoms with Gasteiger partial charge in [-0.15, -0.1) is 0 Å². The molecule has 1 aromatic heterocycles. The Morgan fingerprint density at radius 3 is 2.70 bits per heavy atom. The lowest BCUT2D eigenvalue weighted by molar-refractivity contribution is 0.338. The third kappa shape index (κ3) is 3.60. The van der Waals surface area contributed by atoms with Gasteiger partial charge in [-0.3, -0.25) is 4.79 Å². The van der Waals surface area contributed by atoms with Crippen LogP contribution in [0.15, 0.2) is 35.1 Å². The van der Waals surface area contributed by atoms with Crippen molar-refractivity contribution in [2.45, 2.75) is 26.7 Å². The monoisotopic (exact) mass is 274 g/mol. The summed E-state index contributed by atoms with van der Waals surface area (Å²) in [5, 5.41) is 0. The van der Waals surface area contributed by atoms with Gasteiger partial charge in [0.05, 0.1) is 12.7 Å². The van der Waals surface area contributed by atoms with Crippen molar-refractivity contribution in [3.05, 3.63) is 46.5 Å². The molecule has 0 unspecified atom stereocenters. The molecule has 0 aliphatic rings. The minimum Gasteiger partial charge on any atom is -0.494 e. The largest absolute Gasteiger partial charge is 0.494 e. The van der Waals surface area contributed by atoms with Gasteiger partial charge in [0.1, 0.15) is 17.3 Å². The summed E-state index contributed by atoms with van der Waals surface area (Å²) in [5.74, 6) is 2.32. The van der Waals surface area contributed by atoms with Crippen molar-refractivity contribution in [1.82, 2.24) is 9.97 Å². The molecule has 0 atom stereocenters. The Kier molecular flexibility index (Phi) is 4.40. The van der Waals surface area contributed by atoms with Gasteiger partial charge in [-0.1, -0.05) is 19.9 Å². The second kappa shape index (κ2) is 6.23. The van der Waals surface area contributed by atoms with Crippen molar-refractivity contribution in [3.8, 4) is 17.4 Å². The predicted octanol–water partition coefficient (Wildman–Crippen LogP) is 3.08. The van der Waals surface area contributed by atoms with Gasteiger partial charge in [-0.25, -0.2) is 0 Å². The zero-order chi connectivity index (χ0) is 14.5. The number of benzene rings is 1. The molecule has 0 saturated heterocycles. The van der Waals surface area contributed by atoms with Crippen LogP contribution in [-0.4, -0.2) is 16.6 Å². The van der Waals surface area contributed by atoms with Crippen molar-refractivity contribution >= 4 is 0 Å². The zero-order valence-electron chi connectivity index (χ0n) is 11.8. The summed E-state index contributed by atoms with van der Waals surface area (Å²) in [6, 6.07) is 8.57. The normalized spacial score (nSPS) is 10.6.